The lowest BCUT2D eigenvalue weighted by Crippen LogP contribution is -2.27. The van der Waals surface area contributed by atoms with Crippen LogP contribution in [0.5, 0.6) is 0 Å². The van der Waals surface area contributed by atoms with Crippen molar-refractivity contribution >= 4 is 0 Å². The molecule has 4 heteroatoms. The maximum absolute atomic E-state index is 13.8. The first kappa shape index (κ1) is 12.4. The molecule has 0 unspecified atom stereocenters. The van der Waals surface area contributed by atoms with Gasteiger partial charge in [-0.05, 0) is 44.1 Å². The Morgan fingerprint density at radius 1 is 1.26 bits per heavy atom. The Hall–Kier alpha value is -1.68. The zero-order valence-electron chi connectivity index (χ0n) is 11.1. The molecule has 19 heavy (non-hydrogen) atoms. The molecule has 0 spiro atoms. The van der Waals surface area contributed by atoms with Gasteiger partial charge in [-0.25, -0.2) is 4.39 Å². The molecule has 100 valence electrons. The van der Waals surface area contributed by atoms with Crippen LogP contribution in [0.2, 0.25) is 0 Å². The molecule has 1 saturated heterocycles. The summed E-state index contributed by atoms with van der Waals surface area (Å²) in [5.41, 5.74) is 2.52. The quantitative estimate of drug-likeness (QED) is 0.898. The Kier molecular flexibility index (Phi) is 3.34. The minimum atomic E-state index is -0.211. The molecule has 0 bridgehead atoms. The molecule has 3 rings (SSSR count). The lowest BCUT2D eigenvalue weighted by Gasteiger charge is -2.22. The number of nitrogens with zero attached hydrogens (tertiary/aromatic N) is 2. The van der Waals surface area contributed by atoms with E-state index in [2.05, 4.69) is 10.4 Å². The zero-order valence-corrected chi connectivity index (χ0v) is 11.1. The molecule has 0 atom stereocenters. The van der Waals surface area contributed by atoms with Crippen molar-refractivity contribution in [3.8, 4) is 11.3 Å². The third-order valence-corrected chi connectivity index (χ3v) is 3.82. The molecule has 0 amide bonds. The average molecular weight is 259 g/mol. The molecule has 2 aromatic rings. The van der Waals surface area contributed by atoms with Crippen LogP contribution >= 0.6 is 0 Å². The molecule has 0 saturated carbocycles. The highest BCUT2D eigenvalue weighted by molar-refractivity contribution is 5.60. The standard InChI is InChI=1S/C15H18FN3/c1-19-15(11-6-8-17-9-7-11)10-14(18-19)12-4-2-3-5-13(12)16/h2-5,10-11,17H,6-9H2,1H3. The fourth-order valence-electron chi connectivity index (χ4n) is 2.78. The molecule has 0 radical (unpaired) electrons. The maximum Gasteiger partial charge on any atom is 0.132 e. The SMILES string of the molecule is Cn1nc(-c2ccccc2F)cc1C1CCNCC1. The van der Waals surface area contributed by atoms with Crippen LogP contribution in [0.4, 0.5) is 4.39 Å². The van der Waals surface area contributed by atoms with Crippen LogP contribution in [-0.2, 0) is 7.05 Å². The summed E-state index contributed by atoms with van der Waals surface area (Å²) in [5.74, 6) is 0.316. The van der Waals surface area contributed by atoms with Crippen molar-refractivity contribution in [2.45, 2.75) is 18.8 Å². The Labute approximate surface area is 112 Å². The van der Waals surface area contributed by atoms with E-state index in [0.717, 1.165) is 31.6 Å². The van der Waals surface area contributed by atoms with Gasteiger partial charge in [0.25, 0.3) is 0 Å². The van der Waals surface area contributed by atoms with Gasteiger partial charge in [-0.1, -0.05) is 12.1 Å². The first-order chi connectivity index (χ1) is 9.25. The van der Waals surface area contributed by atoms with E-state index in [4.69, 9.17) is 0 Å². The van der Waals surface area contributed by atoms with Gasteiger partial charge in [-0.3, -0.25) is 4.68 Å². The summed E-state index contributed by atoms with van der Waals surface area (Å²) >= 11 is 0. The fraction of sp³-hybridized carbons (Fsp3) is 0.400. The van der Waals surface area contributed by atoms with Gasteiger partial charge in [0, 0.05) is 24.2 Å². The van der Waals surface area contributed by atoms with Crippen molar-refractivity contribution in [1.29, 1.82) is 0 Å². The Morgan fingerprint density at radius 3 is 2.74 bits per heavy atom. The zero-order chi connectivity index (χ0) is 13.2. The number of piperidine rings is 1. The Balaban J connectivity index is 1.95. The lowest BCUT2D eigenvalue weighted by molar-refractivity contribution is 0.440. The molecular formula is C15H18FN3. The molecule has 1 N–H and O–H groups in total. The Morgan fingerprint density at radius 2 is 2.00 bits per heavy atom. The highest BCUT2D eigenvalue weighted by Crippen LogP contribution is 2.29. The predicted octanol–water partition coefficient (Wildman–Crippen LogP) is 2.69. The molecule has 1 aliphatic rings. The highest BCUT2D eigenvalue weighted by atomic mass is 19.1. The topological polar surface area (TPSA) is 29.9 Å². The van der Waals surface area contributed by atoms with E-state index in [9.17, 15) is 4.39 Å². The summed E-state index contributed by atoms with van der Waals surface area (Å²) in [6.45, 7) is 2.09. The number of rotatable bonds is 2. The van der Waals surface area contributed by atoms with E-state index < -0.39 is 0 Å². The summed E-state index contributed by atoms with van der Waals surface area (Å²) < 4.78 is 15.7. The van der Waals surface area contributed by atoms with Gasteiger partial charge < -0.3 is 5.32 Å². The van der Waals surface area contributed by atoms with Crippen LogP contribution < -0.4 is 5.32 Å². The number of hydrogen-bond acceptors (Lipinski definition) is 2. The van der Waals surface area contributed by atoms with Crippen molar-refractivity contribution in [2.24, 2.45) is 7.05 Å². The molecule has 3 nitrogen and oxygen atoms in total. The fourth-order valence-corrected chi connectivity index (χ4v) is 2.78. The number of aryl methyl sites for hydroxylation is 1. The smallest absolute Gasteiger partial charge is 0.132 e. The number of nitrogens with one attached hydrogen (secondary N) is 1. The summed E-state index contributed by atoms with van der Waals surface area (Å²) in [6.07, 6.45) is 2.24. The molecule has 1 aliphatic heterocycles. The molecule has 0 aliphatic carbocycles. The predicted molar refractivity (Wildman–Crippen MR) is 73.4 cm³/mol. The van der Waals surface area contributed by atoms with E-state index in [-0.39, 0.29) is 5.82 Å². The van der Waals surface area contributed by atoms with Crippen molar-refractivity contribution < 1.29 is 4.39 Å². The summed E-state index contributed by atoms with van der Waals surface area (Å²) in [4.78, 5) is 0. The van der Waals surface area contributed by atoms with Gasteiger partial charge in [0.05, 0.1) is 5.69 Å². The van der Waals surface area contributed by atoms with Gasteiger partial charge in [0.2, 0.25) is 0 Å². The third kappa shape index (κ3) is 2.40. The first-order valence-electron chi connectivity index (χ1n) is 6.75. The summed E-state index contributed by atoms with van der Waals surface area (Å²) in [5, 5.41) is 7.84. The second kappa shape index (κ2) is 5.13. The molecule has 1 fully saturated rings. The minimum Gasteiger partial charge on any atom is -0.317 e. The molecule has 1 aromatic carbocycles. The maximum atomic E-state index is 13.8. The second-order valence-electron chi connectivity index (χ2n) is 5.08. The van der Waals surface area contributed by atoms with Crippen LogP contribution in [0.15, 0.2) is 30.3 Å². The summed E-state index contributed by atoms with van der Waals surface area (Å²) in [6, 6.07) is 8.85. The molecule has 1 aromatic heterocycles. The van der Waals surface area contributed by atoms with E-state index >= 15 is 0 Å². The van der Waals surface area contributed by atoms with Crippen LogP contribution in [0.3, 0.4) is 0 Å². The minimum absolute atomic E-state index is 0.211. The lowest BCUT2D eigenvalue weighted by atomic mass is 9.94. The van der Waals surface area contributed by atoms with Crippen LogP contribution in [0.25, 0.3) is 11.3 Å². The van der Waals surface area contributed by atoms with E-state index in [0.29, 0.717) is 11.5 Å². The Bertz CT molecular complexity index is 571. The van der Waals surface area contributed by atoms with Crippen LogP contribution in [0.1, 0.15) is 24.5 Å². The molecular weight excluding hydrogens is 241 g/mol. The van der Waals surface area contributed by atoms with Crippen molar-refractivity contribution in [3.63, 3.8) is 0 Å². The van der Waals surface area contributed by atoms with Gasteiger partial charge >= 0.3 is 0 Å². The third-order valence-electron chi connectivity index (χ3n) is 3.82. The van der Waals surface area contributed by atoms with Gasteiger partial charge in [-0.2, -0.15) is 5.10 Å². The van der Waals surface area contributed by atoms with E-state index in [1.807, 2.05) is 23.9 Å². The van der Waals surface area contributed by atoms with Crippen molar-refractivity contribution in [2.75, 3.05) is 13.1 Å². The number of hydrogen-bond donors (Lipinski definition) is 1. The monoisotopic (exact) mass is 259 g/mol. The number of benzene rings is 1. The van der Waals surface area contributed by atoms with Gasteiger partial charge in [-0.15, -0.1) is 0 Å². The van der Waals surface area contributed by atoms with Gasteiger partial charge in [0.1, 0.15) is 5.82 Å². The van der Waals surface area contributed by atoms with E-state index in [1.54, 1.807) is 12.1 Å². The average Bonchev–Trinajstić information content (AvgIpc) is 2.82. The van der Waals surface area contributed by atoms with Gasteiger partial charge in [0.15, 0.2) is 0 Å². The largest absolute Gasteiger partial charge is 0.317 e. The van der Waals surface area contributed by atoms with E-state index in [1.165, 1.54) is 11.8 Å². The van der Waals surface area contributed by atoms with Crippen LogP contribution in [-0.4, -0.2) is 22.9 Å². The van der Waals surface area contributed by atoms with Crippen molar-refractivity contribution in [3.05, 3.63) is 41.8 Å². The van der Waals surface area contributed by atoms with Crippen molar-refractivity contribution in [1.82, 2.24) is 15.1 Å². The molecule has 2 heterocycles. The number of aromatic nitrogens is 2. The second-order valence-corrected chi connectivity index (χ2v) is 5.08. The van der Waals surface area contributed by atoms with Crippen LogP contribution in [0, 0.1) is 5.82 Å². The normalized spacial score (nSPS) is 16.7. The highest BCUT2D eigenvalue weighted by Gasteiger charge is 2.20. The summed E-state index contributed by atoms with van der Waals surface area (Å²) in [7, 11) is 1.95. The first-order valence-corrected chi connectivity index (χ1v) is 6.75. The number of halogens is 1.